The van der Waals surface area contributed by atoms with Gasteiger partial charge in [-0.1, -0.05) is 25.1 Å². The molecule has 2 atom stereocenters. The van der Waals surface area contributed by atoms with Crippen LogP contribution in [0.3, 0.4) is 0 Å². The number of amides is 1. The summed E-state index contributed by atoms with van der Waals surface area (Å²) in [4.78, 5) is 13.1. The van der Waals surface area contributed by atoms with E-state index in [9.17, 15) is 4.79 Å². The van der Waals surface area contributed by atoms with Crippen LogP contribution >= 0.6 is 12.4 Å². The van der Waals surface area contributed by atoms with Crippen molar-refractivity contribution in [3.05, 3.63) is 60.0 Å². The number of aryl methyl sites for hydroxylation is 1. The van der Waals surface area contributed by atoms with E-state index in [0.29, 0.717) is 22.9 Å². The van der Waals surface area contributed by atoms with Crippen molar-refractivity contribution in [3.8, 4) is 17.1 Å². The van der Waals surface area contributed by atoms with Crippen LogP contribution < -0.4 is 10.6 Å². The van der Waals surface area contributed by atoms with Gasteiger partial charge in [0, 0.05) is 12.2 Å². The number of carbonyl (C=O) groups is 1. The number of benzene rings is 1. The summed E-state index contributed by atoms with van der Waals surface area (Å²) in [5, 5.41) is 11.2. The molecule has 7 heteroatoms. The van der Waals surface area contributed by atoms with Gasteiger partial charge in [0.2, 0.25) is 0 Å². The van der Waals surface area contributed by atoms with E-state index in [0.717, 1.165) is 31.0 Å². The highest BCUT2D eigenvalue weighted by Crippen LogP contribution is 2.26. The molecule has 2 aromatic heterocycles. The quantitative estimate of drug-likeness (QED) is 0.702. The number of halogens is 1. The normalized spacial score (nSPS) is 19.1. The number of nitrogens with zero attached hydrogens (tertiary/aromatic N) is 2. The molecule has 4 rings (SSSR count). The fraction of sp³-hybridized carbons (Fsp3) is 0.333. The monoisotopic (exact) mass is 400 g/mol. The summed E-state index contributed by atoms with van der Waals surface area (Å²) in [6.07, 6.45) is 2.71. The summed E-state index contributed by atoms with van der Waals surface area (Å²) in [7, 11) is 0. The van der Waals surface area contributed by atoms with E-state index in [1.54, 1.807) is 10.9 Å². The zero-order valence-corrected chi connectivity index (χ0v) is 16.8. The molecule has 1 aliphatic rings. The third kappa shape index (κ3) is 4.13. The highest BCUT2D eigenvalue weighted by atomic mass is 35.5. The number of nitrogens with one attached hydrogen (secondary N) is 2. The molecule has 0 radical (unpaired) electrons. The lowest BCUT2D eigenvalue weighted by Crippen LogP contribution is -2.48. The minimum Gasteiger partial charge on any atom is -0.460 e. The molecule has 2 N–H and O–H groups in total. The predicted molar refractivity (Wildman–Crippen MR) is 111 cm³/mol. The van der Waals surface area contributed by atoms with Gasteiger partial charge in [-0.25, -0.2) is 4.68 Å². The number of rotatable bonds is 4. The topological polar surface area (TPSA) is 72.1 Å². The van der Waals surface area contributed by atoms with Crippen molar-refractivity contribution in [1.29, 1.82) is 0 Å². The van der Waals surface area contributed by atoms with Crippen LogP contribution in [-0.2, 0) is 0 Å². The van der Waals surface area contributed by atoms with E-state index in [4.69, 9.17) is 4.42 Å². The Morgan fingerprint density at radius 3 is 2.71 bits per heavy atom. The maximum atomic E-state index is 13.1. The molecule has 1 saturated heterocycles. The van der Waals surface area contributed by atoms with E-state index in [1.165, 1.54) is 0 Å². The van der Waals surface area contributed by atoms with Gasteiger partial charge in [-0.2, -0.15) is 5.10 Å². The van der Waals surface area contributed by atoms with Gasteiger partial charge in [-0.3, -0.25) is 4.79 Å². The first-order valence-electron chi connectivity index (χ1n) is 9.35. The summed E-state index contributed by atoms with van der Waals surface area (Å²) in [5.41, 5.74) is 1.99. The Morgan fingerprint density at radius 1 is 1.25 bits per heavy atom. The molecule has 28 heavy (non-hydrogen) atoms. The summed E-state index contributed by atoms with van der Waals surface area (Å²) >= 11 is 0. The van der Waals surface area contributed by atoms with Crippen molar-refractivity contribution in [3.63, 3.8) is 0 Å². The van der Waals surface area contributed by atoms with E-state index < -0.39 is 0 Å². The van der Waals surface area contributed by atoms with E-state index in [1.807, 2.05) is 49.4 Å². The average Bonchev–Trinajstić information content (AvgIpc) is 3.31. The maximum absolute atomic E-state index is 13.1. The Balaban J connectivity index is 0.00000225. The van der Waals surface area contributed by atoms with Crippen LogP contribution in [0.15, 0.2) is 53.1 Å². The molecular formula is C21H25ClN4O2. The highest BCUT2D eigenvalue weighted by molar-refractivity contribution is 5.99. The van der Waals surface area contributed by atoms with Crippen LogP contribution in [0.5, 0.6) is 0 Å². The molecule has 1 aromatic carbocycles. The molecule has 1 fully saturated rings. The van der Waals surface area contributed by atoms with E-state index in [2.05, 4.69) is 22.7 Å². The smallest absolute Gasteiger partial charge is 0.255 e. The number of aromatic nitrogens is 2. The van der Waals surface area contributed by atoms with Gasteiger partial charge in [-0.15, -0.1) is 12.4 Å². The van der Waals surface area contributed by atoms with Crippen LogP contribution in [0, 0.1) is 12.8 Å². The minimum absolute atomic E-state index is 0. The first-order chi connectivity index (χ1) is 13.1. The maximum Gasteiger partial charge on any atom is 0.255 e. The first kappa shape index (κ1) is 20.2. The summed E-state index contributed by atoms with van der Waals surface area (Å²) in [5.74, 6) is 1.67. The van der Waals surface area contributed by atoms with Gasteiger partial charge in [0.25, 0.3) is 5.91 Å². The molecule has 6 nitrogen and oxygen atoms in total. The van der Waals surface area contributed by atoms with Gasteiger partial charge in [0.1, 0.15) is 11.5 Å². The zero-order chi connectivity index (χ0) is 18.8. The average molecular weight is 401 g/mol. The van der Waals surface area contributed by atoms with Crippen molar-refractivity contribution >= 4 is 18.3 Å². The van der Waals surface area contributed by atoms with Crippen LogP contribution in [0.25, 0.3) is 17.1 Å². The summed E-state index contributed by atoms with van der Waals surface area (Å²) in [6, 6.07) is 13.7. The molecule has 0 bridgehead atoms. The second-order valence-electron chi connectivity index (χ2n) is 7.13. The molecule has 0 aliphatic carbocycles. The molecule has 0 saturated carbocycles. The van der Waals surface area contributed by atoms with Crippen molar-refractivity contribution in [2.75, 3.05) is 13.1 Å². The molecule has 3 aromatic rings. The molecule has 148 valence electrons. The molecular weight excluding hydrogens is 376 g/mol. The number of hydrogen-bond acceptors (Lipinski definition) is 4. The number of hydrogen-bond donors (Lipinski definition) is 2. The summed E-state index contributed by atoms with van der Waals surface area (Å²) < 4.78 is 7.48. The van der Waals surface area contributed by atoms with Gasteiger partial charge < -0.3 is 15.1 Å². The SMILES string of the molecule is Cc1ccc(-c2nn(-c3ccccc3)cc2C(=O)NC2CCNCC2C)o1.Cl. The minimum atomic E-state index is -0.111. The second-order valence-corrected chi connectivity index (χ2v) is 7.13. The predicted octanol–water partition coefficient (Wildman–Crippen LogP) is 3.59. The molecule has 1 amide bonds. The van der Waals surface area contributed by atoms with Gasteiger partial charge in [0.05, 0.1) is 11.3 Å². The zero-order valence-electron chi connectivity index (χ0n) is 16.0. The summed E-state index contributed by atoms with van der Waals surface area (Å²) in [6.45, 7) is 5.87. The Labute approximate surface area is 170 Å². The largest absolute Gasteiger partial charge is 0.460 e. The molecule has 3 heterocycles. The second kappa shape index (κ2) is 8.63. The fourth-order valence-corrected chi connectivity index (χ4v) is 3.47. The van der Waals surface area contributed by atoms with E-state index in [-0.39, 0.29) is 24.4 Å². The molecule has 2 unspecified atom stereocenters. The Morgan fingerprint density at radius 2 is 2.04 bits per heavy atom. The van der Waals surface area contributed by atoms with Crippen LogP contribution in [0.2, 0.25) is 0 Å². The van der Waals surface area contributed by atoms with Crippen LogP contribution in [0.1, 0.15) is 29.5 Å². The van der Waals surface area contributed by atoms with Crippen molar-refractivity contribution in [2.24, 2.45) is 5.92 Å². The number of piperidine rings is 1. The van der Waals surface area contributed by atoms with Crippen LogP contribution in [0.4, 0.5) is 0 Å². The Kier molecular flexibility index (Phi) is 6.21. The lowest BCUT2D eigenvalue weighted by Gasteiger charge is -2.30. The van der Waals surface area contributed by atoms with Crippen molar-refractivity contribution < 1.29 is 9.21 Å². The highest BCUT2D eigenvalue weighted by Gasteiger charge is 2.26. The van der Waals surface area contributed by atoms with Crippen molar-refractivity contribution in [2.45, 2.75) is 26.3 Å². The molecule has 1 aliphatic heterocycles. The first-order valence-corrected chi connectivity index (χ1v) is 9.35. The lowest BCUT2D eigenvalue weighted by atomic mass is 9.95. The van der Waals surface area contributed by atoms with Gasteiger partial charge in [-0.05, 0) is 56.6 Å². The third-order valence-corrected chi connectivity index (χ3v) is 5.06. The molecule has 0 spiro atoms. The van der Waals surface area contributed by atoms with Crippen LogP contribution in [-0.4, -0.2) is 34.8 Å². The number of para-hydroxylation sites is 1. The van der Waals surface area contributed by atoms with Gasteiger partial charge >= 0.3 is 0 Å². The van der Waals surface area contributed by atoms with Gasteiger partial charge in [0.15, 0.2) is 5.76 Å². The number of furan rings is 1. The standard InChI is InChI=1S/C21H24N4O2.ClH/c1-14-12-22-11-10-18(14)23-21(26)17-13-25(16-6-4-3-5-7-16)24-20(17)19-9-8-15(2)27-19;/h3-9,13-14,18,22H,10-12H2,1-2H3,(H,23,26);1H. The third-order valence-electron chi connectivity index (χ3n) is 5.06. The fourth-order valence-electron chi connectivity index (χ4n) is 3.47. The number of carbonyl (C=O) groups excluding carboxylic acids is 1. The lowest BCUT2D eigenvalue weighted by molar-refractivity contribution is 0.0914. The van der Waals surface area contributed by atoms with Crippen molar-refractivity contribution in [1.82, 2.24) is 20.4 Å². The Bertz CT molecular complexity index is 935. The van der Waals surface area contributed by atoms with E-state index >= 15 is 0 Å². The Hall–Kier alpha value is -2.57.